The molecule has 17 heavy (non-hydrogen) atoms. The fourth-order valence-electron chi connectivity index (χ4n) is 3.03. The van der Waals surface area contributed by atoms with E-state index in [9.17, 15) is 5.11 Å². The van der Waals surface area contributed by atoms with E-state index in [0.717, 1.165) is 31.6 Å². The number of hydrogen-bond donors (Lipinski definition) is 1. The van der Waals surface area contributed by atoms with E-state index in [4.69, 9.17) is 4.74 Å². The second kappa shape index (κ2) is 5.94. The molecule has 100 valence electrons. The zero-order chi connectivity index (χ0) is 12.3. The summed E-state index contributed by atoms with van der Waals surface area (Å²) in [6.45, 7) is 5.29. The number of ether oxygens (including phenoxy) is 1. The van der Waals surface area contributed by atoms with Gasteiger partial charge in [0, 0.05) is 12.4 Å². The summed E-state index contributed by atoms with van der Waals surface area (Å²) in [6, 6.07) is 0. The molecule has 2 aliphatic rings. The van der Waals surface area contributed by atoms with E-state index in [1.54, 1.807) is 0 Å². The summed E-state index contributed by atoms with van der Waals surface area (Å²) in [6.07, 6.45) is 5.33. The van der Waals surface area contributed by atoms with Crippen LogP contribution in [0, 0.1) is 11.8 Å². The minimum Gasteiger partial charge on any atom is -0.393 e. The van der Waals surface area contributed by atoms with Gasteiger partial charge in [0.1, 0.15) is 0 Å². The molecular weight excluding hydrogens is 232 g/mol. The Bertz CT molecular complexity index is 238. The number of aliphatic hydroxyl groups is 1. The third kappa shape index (κ3) is 3.39. The van der Waals surface area contributed by atoms with Gasteiger partial charge in [-0.3, -0.25) is 0 Å². The van der Waals surface area contributed by atoms with Gasteiger partial charge in [0.2, 0.25) is 0 Å². The quantitative estimate of drug-likeness (QED) is 0.840. The molecule has 2 fully saturated rings. The van der Waals surface area contributed by atoms with E-state index in [1.807, 2.05) is 11.8 Å². The molecule has 3 heteroatoms. The van der Waals surface area contributed by atoms with Crippen molar-refractivity contribution in [1.82, 2.24) is 0 Å². The summed E-state index contributed by atoms with van der Waals surface area (Å²) in [7, 11) is 0. The molecule has 0 aliphatic carbocycles. The Hall–Kier alpha value is 0.270. The second-order valence-corrected chi connectivity index (χ2v) is 7.01. The van der Waals surface area contributed by atoms with Crippen LogP contribution in [-0.2, 0) is 4.74 Å². The predicted octanol–water partition coefficient (Wildman–Crippen LogP) is 3.09. The van der Waals surface area contributed by atoms with Gasteiger partial charge in [-0.25, -0.2) is 0 Å². The molecule has 4 atom stereocenters. The van der Waals surface area contributed by atoms with Crippen LogP contribution >= 0.6 is 11.8 Å². The molecule has 2 aliphatic heterocycles. The molecule has 2 saturated heterocycles. The summed E-state index contributed by atoms with van der Waals surface area (Å²) < 4.78 is 6.01. The zero-order valence-electron chi connectivity index (χ0n) is 11.2. The van der Waals surface area contributed by atoms with Crippen molar-refractivity contribution >= 4 is 11.8 Å². The average Bonchev–Trinajstić information content (AvgIpc) is 2.77. The van der Waals surface area contributed by atoms with E-state index in [0.29, 0.717) is 11.8 Å². The van der Waals surface area contributed by atoms with Crippen molar-refractivity contribution in [3.05, 3.63) is 0 Å². The zero-order valence-corrected chi connectivity index (χ0v) is 12.0. The molecule has 1 N–H and O–H groups in total. The molecule has 2 rings (SSSR count). The minimum absolute atomic E-state index is 0.115. The van der Waals surface area contributed by atoms with Crippen LogP contribution in [0.5, 0.6) is 0 Å². The monoisotopic (exact) mass is 258 g/mol. The highest BCUT2D eigenvalue weighted by Crippen LogP contribution is 2.41. The lowest BCUT2D eigenvalue weighted by Gasteiger charge is -2.40. The van der Waals surface area contributed by atoms with Gasteiger partial charge in [-0.1, -0.05) is 20.3 Å². The lowest BCUT2D eigenvalue weighted by atomic mass is 9.80. The predicted molar refractivity (Wildman–Crippen MR) is 73.4 cm³/mol. The van der Waals surface area contributed by atoms with Gasteiger partial charge >= 0.3 is 0 Å². The smallest absolute Gasteiger partial charge is 0.0783 e. The summed E-state index contributed by atoms with van der Waals surface area (Å²) >= 11 is 2.00. The lowest BCUT2D eigenvalue weighted by molar-refractivity contribution is -0.103. The summed E-state index contributed by atoms with van der Waals surface area (Å²) in [5.74, 6) is 3.48. The second-order valence-electron chi connectivity index (χ2n) is 5.90. The summed E-state index contributed by atoms with van der Waals surface area (Å²) in [5, 5.41) is 10.4. The largest absolute Gasteiger partial charge is 0.393 e. The van der Waals surface area contributed by atoms with Crippen molar-refractivity contribution < 1.29 is 9.84 Å². The van der Waals surface area contributed by atoms with Gasteiger partial charge in [0.05, 0.1) is 11.7 Å². The van der Waals surface area contributed by atoms with Gasteiger partial charge in [-0.2, -0.15) is 11.8 Å². The van der Waals surface area contributed by atoms with Gasteiger partial charge in [0.25, 0.3) is 0 Å². The number of hydrogen-bond acceptors (Lipinski definition) is 3. The molecule has 0 aromatic rings. The number of aliphatic hydroxyl groups excluding tert-OH is 1. The first kappa shape index (κ1) is 13.7. The first-order valence-corrected chi connectivity index (χ1v) is 8.20. The normalized spacial score (nSPS) is 37.2. The first-order chi connectivity index (χ1) is 8.15. The third-order valence-electron chi connectivity index (χ3n) is 4.48. The summed E-state index contributed by atoms with van der Waals surface area (Å²) in [4.78, 5) is 0. The van der Waals surface area contributed by atoms with E-state index in [1.165, 1.54) is 18.6 Å². The molecule has 0 amide bonds. The van der Waals surface area contributed by atoms with Crippen molar-refractivity contribution in [3.8, 4) is 0 Å². The van der Waals surface area contributed by atoms with Crippen LogP contribution in [0.4, 0.5) is 0 Å². The van der Waals surface area contributed by atoms with Crippen molar-refractivity contribution in [1.29, 1.82) is 0 Å². The van der Waals surface area contributed by atoms with Crippen LogP contribution in [0.3, 0.4) is 0 Å². The summed E-state index contributed by atoms with van der Waals surface area (Å²) in [5.41, 5.74) is 0.115. The molecule has 2 nitrogen and oxygen atoms in total. The highest BCUT2D eigenvalue weighted by atomic mass is 32.2. The molecule has 0 aromatic carbocycles. The maximum atomic E-state index is 10.4. The number of rotatable bonds is 4. The molecule has 1 spiro atoms. The van der Waals surface area contributed by atoms with Crippen molar-refractivity contribution in [2.75, 3.05) is 18.1 Å². The van der Waals surface area contributed by atoms with Crippen LogP contribution in [-0.4, -0.2) is 34.9 Å². The Kier molecular flexibility index (Phi) is 4.79. The minimum atomic E-state index is -0.115. The molecule has 0 bridgehead atoms. The lowest BCUT2D eigenvalue weighted by Crippen LogP contribution is -2.43. The van der Waals surface area contributed by atoms with Crippen molar-refractivity contribution in [2.24, 2.45) is 11.8 Å². The maximum absolute atomic E-state index is 10.4. The van der Waals surface area contributed by atoms with Crippen molar-refractivity contribution in [2.45, 2.75) is 57.7 Å². The third-order valence-corrected chi connectivity index (χ3v) is 5.71. The van der Waals surface area contributed by atoms with Gasteiger partial charge < -0.3 is 9.84 Å². The topological polar surface area (TPSA) is 29.5 Å². The SMILES string of the molecule is CCC(C)CC(O)C1CCOC2(CCSC2)C1. The average molecular weight is 258 g/mol. The Morgan fingerprint density at radius 3 is 3.00 bits per heavy atom. The molecule has 2 heterocycles. The van der Waals surface area contributed by atoms with E-state index in [-0.39, 0.29) is 11.7 Å². The van der Waals surface area contributed by atoms with Crippen LogP contribution in [0.15, 0.2) is 0 Å². The Morgan fingerprint density at radius 2 is 2.35 bits per heavy atom. The van der Waals surface area contributed by atoms with Gasteiger partial charge in [-0.05, 0) is 43.3 Å². The number of thioether (sulfide) groups is 1. The molecule has 0 radical (unpaired) electrons. The molecule has 0 saturated carbocycles. The highest BCUT2D eigenvalue weighted by molar-refractivity contribution is 7.99. The van der Waals surface area contributed by atoms with Crippen LogP contribution in [0.1, 0.15) is 46.0 Å². The standard InChI is InChI=1S/C14H26O2S/c1-3-11(2)8-13(15)12-4-6-16-14(9-12)5-7-17-10-14/h11-13,15H,3-10H2,1-2H3. The van der Waals surface area contributed by atoms with E-state index < -0.39 is 0 Å². The van der Waals surface area contributed by atoms with E-state index in [2.05, 4.69) is 13.8 Å². The van der Waals surface area contributed by atoms with Crippen LogP contribution in [0.2, 0.25) is 0 Å². The van der Waals surface area contributed by atoms with Crippen molar-refractivity contribution in [3.63, 3.8) is 0 Å². The highest BCUT2D eigenvalue weighted by Gasteiger charge is 2.42. The van der Waals surface area contributed by atoms with Gasteiger partial charge in [0.15, 0.2) is 0 Å². The Labute approximate surface area is 110 Å². The fourth-order valence-corrected chi connectivity index (χ4v) is 4.41. The Morgan fingerprint density at radius 1 is 1.53 bits per heavy atom. The van der Waals surface area contributed by atoms with Crippen LogP contribution < -0.4 is 0 Å². The van der Waals surface area contributed by atoms with Gasteiger partial charge in [-0.15, -0.1) is 0 Å². The Balaban J connectivity index is 1.88. The van der Waals surface area contributed by atoms with E-state index >= 15 is 0 Å². The molecule has 4 unspecified atom stereocenters. The molecular formula is C14H26O2S. The first-order valence-electron chi connectivity index (χ1n) is 7.05. The molecule has 0 aromatic heterocycles. The fraction of sp³-hybridized carbons (Fsp3) is 1.00. The maximum Gasteiger partial charge on any atom is 0.0783 e. The van der Waals surface area contributed by atoms with Crippen LogP contribution in [0.25, 0.3) is 0 Å².